The van der Waals surface area contributed by atoms with Crippen molar-refractivity contribution in [2.24, 2.45) is 0 Å². The number of aromatic nitrogens is 2. The molecule has 2 aromatic heterocycles. The van der Waals surface area contributed by atoms with E-state index in [1.54, 1.807) is 0 Å². The average molecular weight is 200 g/mol. The summed E-state index contributed by atoms with van der Waals surface area (Å²) in [6, 6.07) is 5.82. The number of carbonyl (C=O) groups excluding carboxylic acids is 1. The summed E-state index contributed by atoms with van der Waals surface area (Å²) in [6.45, 7) is 1.95. The molecule has 0 aliphatic carbocycles. The van der Waals surface area contributed by atoms with Gasteiger partial charge in [0, 0.05) is 12.4 Å². The van der Waals surface area contributed by atoms with E-state index in [1.165, 1.54) is 0 Å². The monoisotopic (exact) mass is 200 g/mol. The van der Waals surface area contributed by atoms with E-state index in [1.807, 2.05) is 48.0 Å². The van der Waals surface area contributed by atoms with Crippen LogP contribution in [0.15, 0.2) is 36.2 Å². The van der Waals surface area contributed by atoms with Gasteiger partial charge in [-0.1, -0.05) is 13.0 Å². The first-order chi connectivity index (χ1) is 7.33. The third-order valence-corrected chi connectivity index (χ3v) is 2.28. The van der Waals surface area contributed by atoms with Gasteiger partial charge in [0.25, 0.3) is 0 Å². The number of aldehydes is 1. The van der Waals surface area contributed by atoms with E-state index in [0.717, 1.165) is 29.6 Å². The van der Waals surface area contributed by atoms with Crippen molar-refractivity contribution in [1.29, 1.82) is 0 Å². The van der Waals surface area contributed by atoms with E-state index in [4.69, 9.17) is 0 Å². The van der Waals surface area contributed by atoms with E-state index in [2.05, 4.69) is 4.98 Å². The summed E-state index contributed by atoms with van der Waals surface area (Å²) in [5.74, 6) is 0. The number of carbonyl (C=O) groups is 1. The molecule has 15 heavy (non-hydrogen) atoms. The highest BCUT2D eigenvalue weighted by Gasteiger charge is 1.99. The summed E-state index contributed by atoms with van der Waals surface area (Å²) in [4.78, 5) is 15.0. The van der Waals surface area contributed by atoms with E-state index in [9.17, 15) is 4.79 Å². The Hall–Kier alpha value is -1.90. The molecule has 2 aromatic rings. The Balaban J connectivity index is 2.45. The number of pyridine rings is 1. The van der Waals surface area contributed by atoms with Crippen molar-refractivity contribution in [2.75, 3.05) is 0 Å². The van der Waals surface area contributed by atoms with Gasteiger partial charge >= 0.3 is 0 Å². The van der Waals surface area contributed by atoms with Crippen LogP contribution in [-0.2, 0) is 4.79 Å². The van der Waals surface area contributed by atoms with E-state index < -0.39 is 0 Å². The number of fused-ring (bicyclic) bond motifs is 1. The first-order valence-corrected chi connectivity index (χ1v) is 4.93. The molecule has 0 saturated heterocycles. The molecule has 0 aromatic carbocycles. The van der Waals surface area contributed by atoms with Crippen molar-refractivity contribution in [3.8, 4) is 0 Å². The zero-order valence-electron chi connectivity index (χ0n) is 8.55. The van der Waals surface area contributed by atoms with Crippen LogP contribution in [0.1, 0.15) is 19.0 Å². The lowest BCUT2D eigenvalue weighted by Crippen LogP contribution is -1.81. The Morgan fingerprint density at radius 3 is 3.07 bits per heavy atom. The Morgan fingerprint density at radius 2 is 2.40 bits per heavy atom. The Morgan fingerprint density at radius 1 is 1.53 bits per heavy atom. The summed E-state index contributed by atoms with van der Waals surface area (Å²) < 4.78 is 1.93. The number of hydrogen-bond acceptors (Lipinski definition) is 2. The molecule has 0 fully saturated rings. The fourth-order valence-electron chi connectivity index (χ4n) is 1.43. The number of nitrogens with zero attached hydrogens (tertiary/aromatic N) is 2. The maximum Gasteiger partial charge on any atom is 0.146 e. The third kappa shape index (κ3) is 1.96. The Bertz CT molecular complexity index is 478. The molecule has 76 valence electrons. The first-order valence-electron chi connectivity index (χ1n) is 4.93. The molecule has 0 bridgehead atoms. The molecule has 0 aliphatic rings. The number of imidazole rings is 1. The van der Waals surface area contributed by atoms with Crippen LogP contribution in [0.2, 0.25) is 0 Å². The van der Waals surface area contributed by atoms with Crippen molar-refractivity contribution in [2.45, 2.75) is 13.3 Å². The molecule has 3 heteroatoms. The van der Waals surface area contributed by atoms with Crippen LogP contribution >= 0.6 is 0 Å². The SMILES string of the molecule is CCC(C=O)=Cc1cn2ccccc2n1. The molecule has 3 nitrogen and oxygen atoms in total. The lowest BCUT2D eigenvalue weighted by molar-refractivity contribution is -0.104. The van der Waals surface area contributed by atoms with Crippen LogP contribution in [0.5, 0.6) is 0 Å². The maximum atomic E-state index is 10.7. The van der Waals surface area contributed by atoms with Gasteiger partial charge in [0.2, 0.25) is 0 Å². The zero-order chi connectivity index (χ0) is 10.7. The first kappa shape index (κ1) is 9.65. The van der Waals surface area contributed by atoms with Crippen molar-refractivity contribution in [1.82, 2.24) is 9.38 Å². The van der Waals surface area contributed by atoms with Gasteiger partial charge in [-0.15, -0.1) is 0 Å². The van der Waals surface area contributed by atoms with Gasteiger partial charge in [-0.3, -0.25) is 4.79 Å². The lowest BCUT2D eigenvalue weighted by Gasteiger charge is -1.89. The fraction of sp³-hybridized carbons (Fsp3) is 0.167. The highest BCUT2D eigenvalue weighted by atomic mass is 16.1. The molecule has 0 amide bonds. The van der Waals surface area contributed by atoms with Crippen LogP contribution in [0.3, 0.4) is 0 Å². The quantitative estimate of drug-likeness (QED) is 0.563. The van der Waals surface area contributed by atoms with Gasteiger partial charge in [0.1, 0.15) is 11.9 Å². The molecular formula is C12H12N2O. The topological polar surface area (TPSA) is 34.4 Å². The van der Waals surface area contributed by atoms with E-state index in [-0.39, 0.29) is 0 Å². The highest BCUT2D eigenvalue weighted by Crippen LogP contribution is 2.09. The second-order valence-electron chi connectivity index (χ2n) is 3.32. The standard InChI is InChI=1S/C12H12N2O/c1-2-10(9-15)7-11-8-14-6-4-3-5-12(14)13-11/h3-9H,2H2,1H3. The molecule has 0 N–H and O–H groups in total. The second kappa shape index (κ2) is 4.09. The van der Waals surface area contributed by atoms with Gasteiger partial charge in [0.05, 0.1) is 5.69 Å². The zero-order valence-corrected chi connectivity index (χ0v) is 8.55. The van der Waals surface area contributed by atoms with Gasteiger partial charge < -0.3 is 4.40 Å². The lowest BCUT2D eigenvalue weighted by atomic mass is 10.2. The molecule has 0 spiro atoms. The summed E-state index contributed by atoms with van der Waals surface area (Å²) >= 11 is 0. The van der Waals surface area contributed by atoms with Crippen molar-refractivity contribution < 1.29 is 4.79 Å². The van der Waals surface area contributed by atoms with Crippen LogP contribution in [0, 0.1) is 0 Å². The number of rotatable bonds is 3. The van der Waals surface area contributed by atoms with Crippen LogP contribution in [0.25, 0.3) is 11.7 Å². The minimum absolute atomic E-state index is 0.734. The molecule has 0 saturated carbocycles. The summed E-state index contributed by atoms with van der Waals surface area (Å²) in [6.07, 6.45) is 7.28. The van der Waals surface area contributed by atoms with Crippen molar-refractivity contribution >= 4 is 18.0 Å². The number of allylic oxidation sites excluding steroid dienone is 1. The molecule has 0 aliphatic heterocycles. The minimum atomic E-state index is 0.734. The summed E-state index contributed by atoms with van der Waals surface area (Å²) in [7, 11) is 0. The number of hydrogen-bond donors (Lipinski definition) is 0. The van der Waals surface area contributed by atoms with Crippen LogP contribution in [0.4, 0.5) is 0 Å². The van der Waals surface area contributed by atoms with Gasteiger partial charge in [0.15, 0.2) is 0 Å². The van der Waals surface area contributed by atoms with Crippen molar-refractivity contribution in [3.05, 3.63) is 41.9 Å². The third-order valence-electron chi connectivity index (χ3n) is 2.28. The van der Waals surface area contributed by atoms with E-state index in [0.29, 0.717) is 0 Å². The largest absolute Gasteiger partial charge is 0.306 e. The molecule has 0 atom stereocenters. The minimum Gasteiger partial charge on any atom is -0.306 e. The normalized spacial score (nSPS) is 11.9. The molecule has 2 heterocycles. The van der Waals surface area contributed by atoms with Crippen LogP contribution in [-0.4, -0.2) is 15.7 Å². The molecule has 2 rings (SSSR count). The molecular weight excluding hydrogens is 188 g/mol. The molecule has 0 radical (unpaired) electrons. The Labute approximate surface area is 88.1 Å². The highest BCUT2D eigenvalue weighted by molar-refractivity contribution is 5.81. The second-order valence-corrected chi connectivity index (χ2v) is 3.32. The fourth-order valence-corrected chi connectivity index (χ4v) is 1.43. The summed E-state index contributed by atoms with van der Waals surface area (Å²) in [5.41, 5.74) is 2.48. The van der Waals surface area contributed by atoms with Gasteiger partial charge in [-0.2, -0.15) is 0 Å². The predicted molar refractivity (Wildman–Crippen MR) is 59.5 cm³/mol. The van der Waals surface area contributed by atoms with Gasteiger partial charge in [-0.25, -0.2) is 4.98 Å². The Kier molecular flexibility index (Phi) is 2.63. The molecule has 0 unspecified atom stereocenters. The van der Waals surface area contributed by atoms with Gasteiger partial charge in [-0.05, 0) is 30.2 Å². The van der Waals surface area contributed by atoms with Crippen LogP contribution < -0.4 is 0 Å². The van der Waals surface area contributed by atoms with E-state index >= 15 is 0 Å². The predicted octanol–water partition coefficient (Wildman–Crippen LogP) is 2.33. The maximum absolute atomic E-state index is 10.7. The smallest absolute Gasteiger partial charge is 0.146 e. The van der Waals surface area contributed by atoms with Crippen molar-refractivity contribution in [3.63, 3.8) is 0 Å². The average Bonchev–Trinajstić information content (AvgIpc) is 2.68. The summed E-state index contributed by atoms with van der Waals surface area (Å²) in [5, 5.41) is 0.